The summed E-state index contributed by atoms with van der Waals surface area (Å²) in [7, 11) is 0. The van der Waals surface area contributed by atoms with E-state index >= 15 is 0 Å². The maximum absolute atomic E-state index is 13.0. The number of nitrogens with two attached hydrogens (primary N) is 1. The van der Waals surface area contributed by atoms with Gasteiger partial charge in [0.15, 0.2) is 18.1 Å². The van der Waals surface area contributed by atoms with Gasteiger partial charge in [-0.15, -0.1) is 0 Å². The van der Waals surface area contributed by atoms with Crippen LogP contribution in [0.4, 0.5) is 22.0 Å². The predicted octanol–water partition coefficient (Wildman–Crippen LogP) is 1.66. The average molecular weight is 399 g/mol. The Morgan fingerprint density at radius 1 is 1.17 bits per heavy atom. The number of hydrogen-bond acceptors (Lipinski definition) is 9. The lowest BCUT2D eigenvalue weighted by molar-refractivity contribution is 0.0452. The van der Waals surface area contributed by atoms with Crippen LogP contribution in [-0.2, 0) is 17.9 Å². The fourth-order valence-corrected chi connectivity index (χ4v) is 2.35. The second-order valence-electron chi connectivity index (χ2n) is 5.92. The monoisotopic (exact) mass is 399 g/mol. The van der Waals surface area contributed by atoms with Gasteiger partial charge in [-0.25, -0.2) is 13.9 Å². The molecule has 0 radical (unpaired) electrons. The van der Waals surface area contributed by atoms with Crippen LogP contribution in [0, 0.1) is 5.82 Å². The molecule has 150 valence electrons. The van der Waals surface area contributed by atoms with Crippen molar-refractivity contribution in [2.75, 3.05) is 11.1 Å². The number of hydrogen-bond donors (Lipinski definition) is 2. The highest BCUT2D eigenvalue weighted by Crippen LogP contribution is 2.14. The summed E-state index contributed by atoms with van der Waals surface area (Å²) in [6.45, 7) is 2.00. The molecule has 3 aromatic rings. The number of nitrogens with zero attached hydrogens (tertiary/aromatic N) is 5. The molecule has 0 amide bonds. The van der Waals surface area contributed by atoms with Crippen molar-refractivity contribution in [3.63, 3.8) is 0 Å². The molecule has 2 aromatic heterocycles. The van der Waals surface area contributed by atoms with Crippen LogP contribution in [0.5, 0.6) is 0 Å². The number of aryl methyl sites for hydroxylation is 1. The van der Waals surface area contributed by atoms with Crippen LogP contribution in [0.2, 0.25) is 0 Å². The highest BCUT2D eigenvalue weighted by Gasteiger charge is 2.13. The van der Waals surface area contributed by atoms with E-state index in [1.54, 1.807) is 0 Å². The molecule has 0 fully saturated rings. The third kappa shape index (κ3) is 5.31. The molecule has 3 rings (SSSR count). The normalized spacial score (nSPS) is 10.6. The van der Waals surface area contributed by atoms with Crippen molar-refractivity contribution >= 4 is 23.6 Å². The first kappa shape index (κ1) is 19.9. The Bertz CT molecular complexity index is 1070. The third-order valence-corrected chi connectivity index (χ3v) is 3.64. The molecule has 0 saturated heterocycles. The Balaban J connectivity index is 1.69. The molecule has 0 saturated carbocycles. The molecule has 2 heterocycles. The highest BCUT2D eigenvalue weighted by molar-refractivity contribution is 5.86. The number of esters is 1. The number of nitrogens with one attached hydrogen (secondary N) is 1. The Kier molecular flexibility index (Phi) is 6.07. The second kappa shape index (κ2) is 8.87. The first-order valence-corrected chi connectivity index (χ1v) is 8.73. The predicted molar refractivity (Wildman–Crippen MR) is 102 cm³/mol. The largest absolute Gasteiger partial charge is 0.453 e. The maximum atomic E-state index is 13.0. The zero-order valence-electron chi connectivity index (χ0n) is 15.5. The molecule has 0 aliphatic heterocycles. The number of aromatic nitrogens is 5. The van der Waals surface area contributed by atoms with Gasteiger partial charge < -0.3 is 15.8 Å². The van der Waals surface area contributed by atoms with Crippen molar-refractivity contribution in [2.45, 2.75) is 26.5 Å². The summed E-state index contributed by atoms with van der Waals surface area (Å²) in [5.74, 6) is -0.966. The van der Waals surface area contributed by atoms with Gasteiger partial charge in [0.2, 0.25) is 11.9 Å². The molecular formula is C18H18FN7O3. The lowest BCUT2D eigenvalue weighted by Crippen LogP contribution is -2.24. The van der Waals surface area contributed by atoms with Crippen molar-refractivity contribution < 1.29 is 13.9 Å². The fourth-order valence-electron chi connectivity index (χ4n) is 2.35. The molecule has 0 atom stereocenters. The molecule has 0 aliphatic carbocycles. The van der Waals surface area contributed by atoms with Gasteiger partial charge in [-0.1, -0.05) is 6.92 Å². The zero-order chi connectivity index (χ0) is 20.8. The molecule has 0 unspecified atom stereocenters. The summed E-state index contributed by atoms with van der Waals surface area (Å²) >= 11 is 0. The molecule has 3 N–H and O–H groups in total. The van der Waals surface area contributed by atoms with Crippen LogP contribution in [0.15, 0.2) is 41.2 Å². The maximum Gasteiger partial charge on any atom is 0.359 e. The highest BCUT2D eigenvalue weighted by atomic mass is 19.1. The molecule has 0 spiro atoms. The van der Waals surface area contributed by atoms with Gasteiger partial charge in [-0.2, -0.15) is 20.1 Å². The van der Waals surface area contributed by atoms with Crippen LogP contribution in [0.1, 0.15) is 29.7 Å². The number of carbonyl (C=O) groups excluding carboxylic acids is 1. The smallest absolute Gasteiger partial charge is 0.359 e. The summed E-state index contributed by atoms with van der Waals surface area (Å²) in [5.41, 5.74) is 5.90. The molecule has 29 heavy (non-hydrogen) atoms. The minimum atomic E-state index is -0.734. The van der Waals surface area contributed by atoms with E-state index in [1.165, 1.54) is 41.1 Å². The molecular weight excluding hydrogens is 381 g/mol. The minimum Gasteiger partial charge on any atom is -0.453 e. The van der Waals surface area contributed by atoms with E-state index in [-0.39, 0.29) is 41.4 Å². The number of halogens is 1. The second-order valence-corrected chi connectivity index (χ2v) is 5.92. The first-order valence-electron chi connectivity index (χ1n) is 8.73. The van der Waals surface area contributed by atoms with Crippen molar-refractivity contribution in [1.29, 1.82) is 0 Å². The lowest BCUT2D eigenvalue weighted by atomic mass is 10.3. The molecule has 1 aromatic carbocycles. The van der Waals surface area contributed by atoms with Crippen LogP contribution >= 0.6 is 0 Å². The van der Waals surface area contributed by atoms with E-state index in [0.717, 1.165) is 0 Å². The van der Waals surface area contributed by atoms with Crippen LogP contribution < -0.4 is 16.6 Å². The lowest BCUT2D eigenvalue weighted by Gasteiger charge is -2.08. The van der Waals surface area contributed by atoms with E-state index in [2.05, 4.69) is 25.4 Å². The fraction of sp³-hybridized carbons (Fsp3) is 0.222. The standard InChI is InChI=1S/C18H18FN7O3/c1-2-9-26-15(27)8-7-13(25-26)16(28)29-10-14-22-17(20)24-18(23-14)21-12-5-3-11(19)4-6-12/h3-8H,2,9-10H2,1H3,(H3,20,21,22,23,24). The average Bonchev–Trinajstić information content (AvgIpc) is 2.69. The number of benzene rings is 1. The van der Waals surface area contributed by atoms with Gasteiger partial charge in [0.05, 0.1) is 0 Å². The van der Waals surface area contributed by atoms with Crippen molar-refractivity contribution in [3.05, 3.63) is 64.1 Å². The number of carbonyl (C=O) groups is 1. The van der Waals surface area contributed by atoms with Gasteiger partial charge in [0.25, 0.3) is 5.56 Å². The van der Waals surface area contributed by atoms with E-state index in [4.69, 9.17) is 10.5 Å². The van der Waals surface area contributed by atoms with E-state index < -0.39 is 5.97 Å². The Morgan fingerprint density at radius 2 is 1.93 bits per heavy atom. The summed E-state index contributed by atoms with van der Waals surface area (Å²) in [6, 6.07) is 8.12. The van der Waals surface area contributed by atoms with Gasteiger partial charge in [0.1, 0.15) is 5.82 Å². The first-order chi connectivity index (χ1) is 13.9. The number of rotatable bonds is 7. The van der Waals surface area contributed by atoms with E-state index in [1.807, 2.05) is 6.92 Å². The third-order valence-electron chi connectivity index (χ3n) is 3.64. The van der Waals surface area contributed by atoms with Crippen molar-refractivity contribution in [3.8, 4) is 0 Å². The van der Waals surface area contributed by atoms with E-state index in [9.17, 15) is 14.0 Å². The van der Waals surface area contributed by atoms with E-state index in [0.29, 0.717) is 18.7 Å². The molecule has 10 nitrogen and oxygen atoms in total. The Labute approximate surface area is 164 Å². The SMILES string of the molecule is CCCn1nc(C(=O)OCc2nc(N)nc(Nc3ccc(F)cc3)n2)ccc1=O. The molecule has 0 aliphatic rings. The van der Waals surface area contributed by atoms with Gasteiger partial charge in [-0.05, 0) is 36.8 Å². The van der Waals surface area contributed by atoms with Gasteiger partial charge >= 0.3 is 5.97 Å². The van der Waals surface area contributed by atoms with Gasteiger partial charge in [-0.3, -0.25) is 4.79 Å². The molecule has 11 heteroatoms. The quantitative estimate of drug-likeness (QED) is 0.568. The van der Waals surface area contributed by atoms with Crippen LogP contribution in [0.3, 0.4) is 0 Å². The summed E-state index contributed by atoms with van der Waals surface area (Å²) in [6.07, 6.45) is 0.694. The van der Waals surface area contributed by atoms with Gasteiger partial charge in [0, 0.05) is 18.3 Å². The number of nitrogen functional groups attached to an aromatic ring is 1. The summed E-state index contributed by atoms with van der Waals surface area (Å²) in [4.78, 5) is 35.9. The van der Waals surface area contributed by atoms with Crippen molar-refractivity contribution in [2.24, 2.45) is 0 Å². The Morgan fingerprint density at radius 3 is 2.66 bits per heavy atom. The van der Waals surface area contributed by atoms with Crippen LogP contribution in [-0.4, -0.2) is 30.7 Å². The topological polar surface area (TPSA) is 138 Å². The molecule has 0 bridgehead atoms. The van der Waals surface area contributed by atoms with Crippen molar-refractivity contribution in [1.82, 2.24) is 24.7 Å². The summed E-state index contributed by atoms with van der Waals surface area (Å²) < 4.78 is 19.4. The number of ether oxygens (including phenoxy) is 1. The minimum absolute atomic E-state index is 0.00950. The zero-order valence-corrected chi connectivity index (χ0v) is 15.5. The number of anilines is 3. The summed E-state index contributed by atoms with van der Waals surface area (Å²) in [5, 5.41) is 6.84. The Hall–Kier alpha value is -3.89. The van der Waals surface area contributed by atoms with Crippen LogP contribution in [0.25, 0.3) is 0 Å².